The van der Waals surface area contributed by atoms with Gasteiger partial charge in [0.15, 0.2) is 0 Å². The van der Waals surface area contributed by atoms with Gasteiger partial charge >= 0.3 is 0 Å². The van der Waals surface area contributed by atoms with E-state index in [1.54, 1.807) is 0 Å². The van der Waals surface area contributed by atoms with Crippen LogP contribution in [0.2, 0.25) is 0 Å². The van der Waals surface area contributed by atoms with E-state index in [4.69, 9.17) is 4.74 Å². The molecule has 6 heteroatoms. The minimum absolute atomic E-state index is 0.0899. The molecule has 0 aromatic heterocycles. The predicted molar refractivity (Wildman–Crippen MR) is 110 cm³/mol. The van der Waals surface area contributed by atoms with Crippen LogP contribution < -0.4 is 5.32 Å². The third-order valence-electron chi connectivity index (χ3n) is 5.20. The summed E-state index contributed by atoms with van der Waals surface area (Å²) in [4.78, 5) is 17.6. The maximum Gasteiger partial charge on any atom is 0.257 e. The topological polar surface area (TPSA) is 44.8 Å². The van der Waals surface area contributed by atoms with Crippen molar-refractivity contribution in [2.75, 3.05) is 44.7 Å². The third kappa shape index (κ3) is 4.03. The number of nitrogens with zero attached hydrogens (tertiary/aromatic N) is 2. The third-order valence-corrected chi connectivity index (χ3v) is 5.92. The van der Waals surface area contributed by atoms with Crippen molar-refractivity contribution >= 4 is 27.5 Å². The molecule has 2 heterocycles. The number of hydrogen-bond donors (Lipinski definition) is 1. The van der Waals surface area contributed by atoms with Crippen LogP contribution in [0.25, 0.3) is 0 Å². The summed E-state index contributed by atoms with van der Waals surface area (Å²) >= 11 is 3.65. The van der Waals surface area contributed by atoms with Crippen LogP contribution in [0.4, 0.5) is 5.69 Å². The zero-order chi connectivity index (χ0) is 18.6. The molecule has 1 atom stereocenters. The summed E-state index contributed by atoms with van der Waals surface area (Å²) in [5, 5.41) is 3.56. The Labute approximate surface area is 168 Å². The molecule has 0 aliphatic carbocycles. The first kappa shape index (κ1) is 18.5. The maximum absolute atomic E-state index is 13.2. The van der Waals surface area contributed by atoms with Crippen LogP contribution in [0.1, 0.15) is 28.5 Å². The zero-order valence-electron chi connectivity index (χ0n) is 15.2. The van der Waals surface area contributed by atoms with Gasteiger partial charge in [-0.2, -0.15) is 0 Å². The van der Waals surface area contributed by atoms with Crippen LogP contribution in [0.15, 0.2) is 53.0 Å². The molecule has 0 unspecified atom stereocenters. The fourth-order valence-corrected chi connectivity index (χ4v) is 4.26. The van der Waals surface area contributed by atoms with E-state index in [-0.39, 0.29) is 12.1 Å². The number of fused-ring (bicyclic) bond motifs is 1. The molecule has 27 heavy (non-hydrogen) atoms. The number of rotatable bonds is 5. The summed E-state index contributed by atoms with van der Waals surface area (Å²) in [7, 11) is 0. The number of amides is 1. The molecule has 0 spiro atoms. The summed E-state index contributed by atoms with van der Waals surface area (Å²) in [6.07, 6.45) is 0.768. The number of carbonyl (C=O) groups excluding carboxylic acids is 1. The fraction of sp³-hybridized carbons (Fsp3) is 0.381. The summed E-state index contributed by atoms with van der Waals surface area (Å²) < 4.78 is 6.43. The minimum atomic E-state index is -0.173. The van der Waals surface area contributed by atoms with Gasteiger partial charge in [-0.25, -0.2) is 0 Å². The number of anilines is 1. The summed E-state index contributed by atoms with van der Waals surface area (Å²) in [5.41, 5.74) is 2.71. The Bertz CT molecular complexity index is 808. The van der Waals surface area contributed by atoms with E-state index in [9.17, 15) is 4.79 Å². The van der Waals surface area contributed by atoms with Crippen molar-refractivity contribution in [3.8, 4) is 0 Å². The highest BCUT2D eigenvalue weighted by Gasteiger charge is 2.33. The molecule has 142 valence electrons. The Kier molecular flexibility index (Phi) is 5.76. The highest BCUT2D eigenvalue weighted by atomic mass is 79.9. The Hall–Kier alpha value is -1.89. The second kappa shape index (κ2) is 8.42. The molecule has 5 nitrogen and oxygen atoms in total. The first-order chi connectivity index (χ1) is 13.2. The molecule has 0 bridgehead atoms. The van der Waals surface area contributed by atoms with E-state index >= 15 is 0 Å². The van der Waals surface area contributed by atoms with Crippen molar-refractivity contribution < 1.29 is 9.53 Å². The molecule has 1 fully saturated rings. The van der Waals surface area contributed by atoms with Gasteiger partial charge in [0.25, 0.3) is 5.91 Å². The standard InChI is InChI=1S/C21H24BrN3O2/c22-18-8-3-1-6-16(18)20-23-19-9-4-2-7-17(19)21(26)25(20)11-5-10-24-12-14-27-15-13-24/h1-4,6-9,20,23H,5,10-15H2/t20-/m0/s1. The predicted octanol–water partition coefficient (Wildman–Crippen LogP) is 3.74. The van der Waals surface area contributed by atoms with Gasteiger partial charge in [-0.1, -0.05) is 46.3 Å². The monoisotopic (exact) mass is 429 g/mol. The van der Waals surface area contributed by atoms with Gasteiger partial charge in [-0.3, -0.25) is 9.69 Å². The van der Waals surface area contributed by atoms with E-state index in [2.05, 4.69) is 32.2 Å². The van der Waals surface area contributed by atoms with Crippen LogP contribution in [0, 0.1) is 0 Å². The normalized spacial score (nSPS) is 20.3. The SMILES string of the molecule is O=C1c2ccccc2N[C@H](c2ccccc2Br)N1CCCN1CCOCC1. The number of benzene rings is 2. The molecule has 4 rings (SSSR count). The summed E-state index contributed by atoms with van der Waals surface area (Å²) in [5.74, 6) is 0.0899. The van der Waals surface area contributed by atoms with Crippen molar-refractivity contribution in [2.24, 2.45) is 0 Å². The Morgan fingerprint density at radius 3 is 2.59 bits per heavy atom. The smallest absolute Gasteiger partial charge is 0.257 e. The van der Waals surface area contributed by atoms with Gasteiger partial charge in [0.1, 0.15) is 6.17 Å². The molecular weight excluding hydrogens is 406 g/mol. The Morgan fingerprint density at radius 2 is 1.78 bits per heavy atom. The number of ether oxygens (including phenoxy) is 1. The van der Waals surface area contributed by atoms with Crippen LogP contribution >= 0.6 is 15.9 Å². The van der Waals surface area contributed by atoms with E-state index in [1.165, 1.54) is 0 Å². The van der Waals surface area contributed by atoms with Crippen molar-refractivity contribution in [1.82, 2.24) is 9.80 Å². The van der Waals surface area contributed by atoms with Gasteiger partial charge in [0.05, 0.1) is 18.8 Å². The molecular formula is C21H24BrN3O2. The van der Waals surface area contributed by atoms with Crippen LogP contribution in [0.3, 0.4) is 0 Å². The van der Waals surface area contributed by atoms with Crippen LogP contribution in [-0.4, -0.2) is 55.1 Å². The molecule has 2 aliphatic heterocycles. The second-order valence-corrected chi connectivity index (χ2v) is 7.77. The number of nitrogens with one attached hydrogen (secondary N) is 1. The van der Waals surface area contributed by atoms with Crippen LogP contribution in [0.5, 0.6) is 0 Å². The molecule has 2 aromatic carbocycles. The number of hydrogen-bond acceptors (Lipinski definition) is 4. The van der Waals surface area contributed by atoms with Gasteiger partial charge < -0.3 is 15.0 Å². The lowest BCUT2D eigenvalue weighted by atomic mass is 10.0. The second-order valence-electron chi connectivity index (χ2n) is 6.92. The lowest BCUT2D eigenvalue weighted by Crippen LogP contribution is -2.45. The molecule has 1 saturated heterocycles. The summed E-state index contributed by atoms with van der Waals surface area (Å²) in [6.45, 7) is 5.25. The van der Waals surface area contributed by atoms with Crippen molar-refractivity contribution in [2.45, 2.75) is 12.6 Å². The average molecular weight is 430 g/mol. The quantitative estimate of drug-likeness (QED) is 0.785. The van der Waals surface area contributed by atoms with Gasteiger partial charge in [-0.05, 0) is 24.6 Å². The number of carbonyl (C=O) groups is 1. The highest BCUT2D eigenvalue weighted by molar-refractivity contribution is 9.10. The molecule has 0 radical (unpaired) electrons. The number of para-hydroxylation sites is 1. The first-order valence-electron chi connectivity index (χ1n) is 9.45. The van der Waals surface area contributed by atoms with Crippen LogP contribution in [-0.2, 0) is 4.74 Å². The Balaban J connectivity index is 1.55. The zero-order valence-corrected chi connectivity index (χ0v) is 16.8. The van der Waals surface area contributed by atoms with Crippen molar-refractivity contribution in [3.05, 3.63) is 64.1 Å². The number of halogens is 1. The first-order valence-corrected chi connectivity index (χ1v) is 10.2. The lowest BCUT2D eigenvalue weighted by Gasteiger charge is -2.39. The molecule has 1 amide bonds. The van der Waals surface area contributed by atoms with E-state index in [0.717, 1.165) is 60.6 Å². The Morgan fingerprint density at radius 1 is 1.04 bits per heavy atom. The molecule has 2 aliphatic rings. The molecule has 1 N–H and O–H groups in total. The maximum atomic E-state index is 13.2. The largest absolute Gasteiger partial charge is 0.379 e. The van der Waals surface area contributed by atoms with E-state index in [0.29, 0.717) is 6.54 Å². The van der Waals surface area contributed by atoms with E-state index < -0.39 is 0 Å². The average Bonchev–Trinajstić information content (AvgIpc) is 2.71. The number of morpholine rings is 1. The fourth-order valence-electron chi connectivity index (χ4n) is 3.76. The van der Waals surface area contributed by atoms with E-state index in [1.807, 2.05) is 47.4 Å². The van der Waals surface area contributed by atoms with Crippen molar-refractivity contribution in [1.29, 1.82) is 0 Å². The van der Waals surface area contributed by atoms with Gasteiger partial charge in [0.2, 0.25) is 0 Å². The minimum Gasteiger partial charge on any atom is -0.379 e. The van der Waals surface area contributed by atoms with Gasteiger partial charge in [-0.15, -0.1) is 0 Å². The van der Waals surface area contributed by atoms with Crippen molar-refractivity contribution in [3.63, 3.8) is 0 Å². The van der Waals surface area contributed by atoms with Gasteiger partial charge in [0, 0.05) is 41.9 Å². The molecule has 0 saturated carbocycles. The summed E-state index contributed by atoms with van der Waals surface area (Å²) in [6, 6.07) is 15.9. The highest BCUT2D eigenvalue weighted by Crippen LogP contribution is 2.35. The molecule has 2 aromatic rings. The lowest BCUT2D eigenvalue weighted by molar-refractivity contribution is 0.0348.